The van der Waals surface area contributed by atoms with Crippen LogP contribution in [0, 0.1) is 0 Å². The maximum atomic E-state index is 8.52. The van der Waals surface area contributed by atoms with Crippen LogP contribution in [0.4, 0.5) is 0 Å². The first-order valence-corrected chi connectivity index (χ1v) is 3.25. The van der Waals surface area contributed by atoms with Crippen LogP contribution in [0.3, 0.4) is 0 Å². The van der Waals surface area contributed by atoms with Gasteiger partial charge in [-0.05, 0) is 13.8 Å². The molecule has 0 radical (unpaired) electrons. The van der Waals surface area contributed by atoms with Crippen LogP contribution < -0.4 is 68.7 Å². The van der Waals surface area contributed by atoms with Crippen molar-refractivity contribution < 1.29 is 78.3 Å². The molecule has 0 atom stereocenters. The van der Waals surface area contributed by atoms with Crippen molar-refractivity contribution in [2.75, 3.05) is 0 Å². The Morgan fingerprint density at radius 3 is 1.30 bits per heavy atom. The molecule has 0 saturated heterocycles. The molecule has 4 nitrogen and oxygen atoms in total. The second-order valence-corrected chi connectivity index (χ2v) is 1.84. The topological polar surface area (TPSA) is 83.4 Å². The Kier molecular flexibility index (Phi) is 38.1. The van der Waals surface area contributed by atoms with E-state index >= 15 is 0 Å². The molecular weight excluding hydrogens is 174 g/mol. The van der Waals surface area contributed by atoms with E-state index in [2.05, 4.69) is 0 Å². The SMILES string of the molecule is CC(C)O.O=[Si]([O-])[O-].[Na+].[Na+]. The summed E-state index contributed by atoms with van der Waals surface area (Å²) in [6, 6.07) is 0. The van der Waals surface area contributed by atoms with Gasteiger partial charge in [0.2, 0.25) is 0 Å². The van der Waals surface area contributed by atoms with Gasteiger partial charge in [-0.15, -0.1) is 0 Å². The first-order valence-electron chi connectivity index (χ1n) is 2.03. The van der Waals surface area contributed by atoms with Gasteiger partial charge in [0, 0.05) is 15.3 Å². The molecule has 0 amide bonds. The summed E-state index contributed by atoms with van der Waals surface area (Å²) >= 11 is 0. The molecule has 0 aromatic rings. The zero-order chi connectivity index (χ0) is 7.15. The monoisotopic (exact) mass is 182 g/mol. The maximum absolute atomic E-state index is 8.52. The molecule has 0 saturated carbocycles. The number of aliphatic hydroxyl groups excluding tert-OH is 1. The summed E-state index contributed by atoms with van der Waals surface area (Å²) in [6.07, 6.45) is -0.167. The minimum absolute atomic E-state index is 0. The molecule has 0 aliphatic rings. The van der Waals surface area contributed by atoms with E-state index in [4.69, 9.17) is 19.2 Å². The van der Waals surface area contributed by atoms with Gasteiger partial charge in [-0.2, -0.15) is 0 Å². The van der Waals surface area contributed by atoms with Gasteiger partial charge in [0.05, 0.1) is 0 Å². The van der Waals surface area contributed by atoms with Crippen molar-refractivity contribution in [2.45, 2.75) is 20.0 Å². The predicted molar refractivity (Wildman–Crippen MR) is 23.8 cm³/mol. The molecule has 0 fully saturated rings. The minimum Gasteiger partial charge on any atom is -0.672 e. The second-order valence-electron chi connectivity index (χ2n) is 1.34. The third-order valence-electron chi connectivity index (χ3n) is 0. The first kappa shape index (κ1) is 22.6. The van der Waals surface area contributed by atoms with E-state index in [-0.39, 0.29) is 65.2 Å². The van der Waals surface area contributed by atoms with Gasteiger partial charge in [0.25, 0.3) is 0 Å². The molecule has 0 heterocycles. The molecule has 0 aromatic carbocycles. The van der Waals surface area contributed by atoms with Gasteiger partial charge in [-0.1, -0.05) is 0 Å². The van der Waals surface area contributed by atoms with Gasteiger partial charge in [0.1, 0.15) is 0 Å². The molecule has 1 N–H and O–H groups in total. The Balaban J connectivity index is -0.0000000300. The van der Waals surface area contributed by atoms with Crippen LogP contribution in [0.5, 0.6) is 0 Å². The average molecular weight is 182 g/mol. The van der Waals surface area contributed by atoms with Crippen molar-refractivity contribution in [3.05, 3.63) is 0 Å². The van der Waals surface area contributed by atoms with Gasteiger partial charge >= 0.3 is 59.1 Å². The fraction of sp³-hybridized carbons (Fsp3) is 1.00. The van der Waals surface area contributed by atoms with Crippen LogP contribution in [0.25, 0.3) is 0 Å². The summed E-state index contributed by atoms with van der Waals surface area (Å²) in [4.78, 5) is 17.0. The zero-order valence-corrected chi connectivity index (χ0v) is 11.7. The maximum Gasteiger partial charge on any atom is 1.00 e. The third kappa shape index (κ3) is 283. The summed E-state index contributed by atoms with van der Waals surface area (Å²) in [6.45, 7) is 3.44. The van der Waals surface area contributed by atoms with Crippen molar-refractivity contribution in [1.82, 2.24) is 0 Å². The van der Waals surface area contributed by atoms with Crippen molar-refractivity contribution in [1.29, 1.82) is 0 Å². The summed E-state index contributed by atoms with van der Waals surface area (Å²) in [5.41, 5.74) is 0. The minimum atomic E-state index is -3.63. The molecule has 0 aliphatic heterocycles. The molecule has 0 rings (SSSR count). The van der Waals surface area contributed by atoms with E-state index in [1.54, 1.807) is 13.8 Å². The van der Waals surface area contributed by atoms with E-state index in [0.717, 1.165) is 0 Å². The van der Waals surface area contributed by atoms with Crippen LogP contribution >= 0.6 is 0 Å². The third-order valence-corrected chi connectivity index (χ3v) is 0. The van der Waals surface area contributed by atoms with Gasteiger partial charge in [0.15, 0.2) is 0 Å². The summed E-state index contributed by atoms with van der Waals surface area (Å²) in [5.74, 6) is 0. The Bertz CT molecular complexity index is 62.8. The largest absolute Gasteiger partial charge is 1.00 e. The first-order chi connectivity index (χ1) is 3.46. The molecule has 50 valence electrons. The van der Waals surface area contributed by atoms with Crippen LogP contribution in [0.1, 0.15) is 13.8 Å². The van der Waals surface area contributed by atoms with E-state index in [0.29, 0.717) is 0 Å². The number of hydrogen-bond donors (Lipinski definition) is 1. The Morgan fingerprint density at radius 1 is 1.30 bits per heavy atom. The summed E-state index contributed by atoms with van der Waals surface area (Å²) in [5, 5.41) is 8.06. The Labute approximate surface area is 106 Å². The second kappa shape index (κ2) is 16.9. The van der Waals surface area contributed by atoms with Crippen LogP contribution in [-0.4, -0.2) is 20.4 Å². The standard InChI is InChI=1S/C3H8O.2Na.O3Si/c1-3(2)4;;;1-4(2)3/h3-4H,1-2H3;;;/q;2*+1;-2. The fourth-order valence-corrected chi connectivity index (χ4v) is 0. The van der Waals surface area contributed by atoms with Gasteiger partial charge in [-0.3, -0.25) is 0 Å². The fourth-order valence-electron chi connectivity index (χ4n) is 0. The summed E-state index contributed by atoms with van der Waals surface area (Å²) in [7, 11) is -3.63. The number of rotatable bonds is 0. The van der Waals surface area contributed by atoms with Crippen molar-refractivity contribution >= 4 is 9.17 Å². The molecule has 0 aliphatic carbocycles. The molecule has 0 bridgehead atoms. The molecule has 7 heteroatoms. The molecule has 0 aromatic heterocycles. The van der Waals surface area contributed by atoms with Gasteiger partial charge in [-0.25, -0.2) is 0 Å². The van der Waals surface area contributed by atoms with Crippen molar-refractivity contribution in [2.24, 2.45) is 0 Å². The van der Waals surface area contributed by atoms with Crippen LogP contribution in [0.15, 0.2) is 0 Å². The van der Waals surface area contributed by atoms with Crippen molar-refractivity contribution in [3.63, 3.8) is 0 Å². The summed E-state index contributed by atoms with van der Waals surface area (Å²) < 4.78 is 8.52. The molecule has 0 unspecified atom stereocenters. The van der Waals surface area contributed by atoms with Crippen LogP contribution in [0.2, 0.25) is 0 Å². The van der Waals surface area contributed by atoms with E-state index < -0.39 is 9.17 Å². The van der Waals surface area contributed by atoms with Crippen LogP contribution in [-0.2, 0) is 4.46 Å². The zero-order valence-electron chi connectivity index (χ0n) is 6.75. The van der Waals surface area contributed by atoms with Crippen molar-refractivity contribution in [3.8, 4) is 0 Å². The predicted octanol–water partition coefficient (Wildman–Crippen LogP) is -8.48. The quantitative estimate of drug-likeness (QED) is 0.377. The Hall–Kier alpha value is 1.58. The van der Waals surface area contributed by atoms with Gasteiger partial charge < -0.3 is 19.2 Å². The molecule has 10 heavy (non-hydrogen) atoms. The molecule has 0 spiro atoms. The Morgan fingerprint density at radius 2 is 1.30 bits per heavy atom. The number of aliphatic hydroxyl groups is 1. The average Bonchev–Trinajstić information content (AvgIpc) is 1.25. The number of hydrogen-bond acceptors (Lipinski definition) is 4. The normalized spacial score (nSPS) is 6.00. The van der Waals surface area contributed by atoms with E-state index in [1.807, 2.05) is 0 Å². The molecular formula is C3H8Na2O4Si. The smallest absolute Gasteiger partial charge is 0.672 e. The van der Waals surface area contributed by atoms with E-state index in [1.165, 1.54) is 0 Å². The van der Waals surface area contributed by atoms with E-state index in [9.17, 15) is 0 Å².